The zero-order valence-corrected chi connectivity index (χ0v) is 17.2. The zero-order valence-electron chi connectivity index (χ0n) is 16.4. The Hall–Kier alpha value is -2.61. The van der Waals surface area contributed by atoms with Gasteiger partial charge in [-0.05, 0) is 73.9 Å². The van der Waals surface area contributed by atoms with Crippen molar-refractivity contribution < 1.29 is 23.0 Å². The Balaban J connectivity index is 1.69. The number of thiocarbonyl (C=S) groups is 1. The maximum Gasteiger partial charge on any atom is 0.387 e. The van der Waals surface area contributed by atoms with Gasteiger partial charge in [-0.3, -0.25) is 0 Å². The van der Waals surface area contributed by atoms with Crippen LogP contribution in [0.25, 0.3) is 0 Å². The van der Waals surface area contributed by atoms with Crippen LogP contribution in [0.3, 0.4) is 0 Å². The molecule has 1 N–H and O–H groups in total. The molecule has 0 aliphatic heterocycles. The molecule has 156 valence electrons. The third-order valence-corrected chi connectivity index (χ3v) is 4.80. The second-order valence-electron chi connectivity index (χ2n) is 6.61. The third-order valence-electron chi connectivity index (χ3n) is 4.46. The highest BCUT2D eigenvalue weighted by atomic mass is 32.1. The van der Waals surface area contributed by atoms with Crippen LogP contribution in [0.15, 0.2) is 42.5 Å². The first-order valence-corrected chi connectivity index (χ1v) is 9.83. The van der Waals surface area contributed by atoms with Gasteiger partial charge < -0.3 is 24.4 Å². The van der Waals surface area contributed by atoms with Crippen LogP contribution < -0.4 is 19.5 Å². The molecule has 1 saturated carbocycles. The molecule has 3 rings (SSSR count). The summed E-state index contributed by atoms with van der Waals surface area (Å²) >= 11 is 5.63. The standard InChI is InChI=1S/C21H24F2N2O3S/c1-3-27-17-9-5-15(6-10-17)24-21(29)25(16-7-8-16)13-14-4-11-18(28-20(22)23)19(12-14)26-2/h4-6,9-12,16,20H,3,7-8,13H2,1-2H3,(H,24,29). The summed E-state index contributed by atoms with van der Waals surface area (Å²) < 4.78 is 40.2. The van der Waals surface area contributed by atoms with Crippen molar-refractivity contribution in [2.75, 3.05) is 19.0 Å². The molecule has 0 spiro atoms. The molecule has 0 saturated heterocycles. The number of hydrogen-bond acceptors (Lipinski definition) is 4. The first-order valence-electron chi connectivity index (χ1n) is 9.42. The van der Waals surface area contributed by atoms with E-state index in [1.54, 1.807) is 12.1 Å². The molecule has 29 heavy (non-hydrogen) atoms. The minimum absolute atomic E-state index is 0.0133. The molecule has 2 aromatic rings. The highest BCUT2D eigenvalue weighted by Gasteiger charge is 2.31. The van der Waals surface area contributed by atoms with E-state index in [0.29, 0.717) is 24.3 Å². The summed E-state index contributed by atoms with van der Waals surface area (Å²) in [6.07, 6.45) is 2.13. The minimum atomic E-state index is -2.90. The van der Waals surface area contributed by atoms with Gasteiger partial charge in [-0.25, -0.2) is 0 Å². The number of rotatable bonds is 9. The van der Waals surface area contributed by atoms with Crippen molar-refractivity contribution >= 4 is 23.0 Å². The fourth-order valence-electron chi connectivity index (χ4n) is 2.95. The van der Waals surface area contributed by atoms with Gasteiger partial charge in [-0.2, -0.15) is 8.78 Å². The maximum atomic E-state index is 12.5. The highest BCUT2D eigenvalue weighted by Crippen LogP contribution is 2.33. The predicted molar refractivity (Wildman–Crippen MR) is 112 cm³/mol. The van der Waals surface area contributed by atoms with E-state index in [0.717, 1.165) is 29.8 Å². The molecule has 1 aliphatic carbocycles. The smallest absolute Gasteiger partial charge is 0.387 e. The van der Waals surface area contributed by atoms with E-state index in [2.05, 4.69) is 15.0 Å². The molecule has 0 aromatic heterocycles. The van der Waals surface area contributed by atoms with Crippen molar-refractivity contribution in [2.45, 2.75) is 39.0 Å². The van der Waals surface area contributed by atoms with Gasteiger partial charge in [0.15, 0.2) is 16.6 Å². The summed E-state index contributed by atoms with van der Waals surface area (Å²) in [6.45, 7) is 0.198. The molecule has 0 heterocycles. The normalized spacial score (nSPS) is 13.1. The third kappa shape index (κ3) is 5.93. The summed E-state index contributed by atoms with van der Waals surface area (Å²) in [7, 11) is 1.42. The summed E-state index contributed by atoms with van der Waals surface area (Å²) in [6, 6.07) is 12.9. The SMILES string of the molecule is CCOc1ccc(NC(=S)N(Cc2ccc(OC(F)F)c(OC)c2)C2CC2)cc1. The fraction of sp³-hybridized carbons (Fsp3) is 0.381. The summed E-state index contributed by atoms with van der Waals surface area (Å²) in [5, 5.41) is 3.88. The van der Waals surface area contributed by atoms with Gasteiger partial charge in [0, 0.05) is 18.3 Å². The van der Waals surface area contributed by atoms with E-state index in [9.17, 15) is 8.78 Å². The van der Waals surface area contributed by atoms with Crippen LogP contribution in [-0.4, -0.2) is 36.4 Å². The average Bonchev–Trinajstić information content (AvgIpc) is 3.53. The summed E-state index contributed by atoms with van der Waals surface area (Å²) in [5.74, 6) is 1.09. The Kier molecular flexibility index (Phi) is 7.09. The molecule has 5 nitrogen and oxygen atoms in total. The molecule has 0 atom stereocenters. The van der Waals surface area contributed by atoms with Gasteiger partial charge in [0.1, 0.15) is 5.75 Å². The Morgan fingerprint density at radius 1 is 1.17 bits per heavy atom. The zero-order chi connectivity index (χ0) is 20.8. The summed E-state index contributed by atoms with van der Waals surface area (Å²) in [5.41, 5.74) is 1.77. The lowest BCUT2D eigenvalue weighted by Gasteiger charge is -2.26. The number of methoxy groups -OCH3 is 1. The minimum Gasteiger partial charge on any atom is -0.494 e. The van der Waals surface area contributed by atoms with Crippen molar-refractivity contribution in [3.63, 3.8) is 0 Å². The molecule has 0 unspecified atom stereocenters. The van der Waals surface area contributed by atoms with E-state index in [1.165, 1.54) is 13.2 Å². The van der Waals surface area contributed by atoms with Gasteiger partial charge in [-0.15, -0.1) is 0 Å². The van der Waals surface area contributed by atoms with Crippen LogP contribution in [0.1, 0.15) is 25.3 Å². The van der Waals surface area contributed by atoms with Gasteiger partial charge in [0.25, 0.3) is 0 Å². The first-order chi connectivity index (χ1) is 14.0. The first kappa shape index (κ1) is 21.1. The van der Waals surface area contributed by atoms with E-state index < -0.39 is 6.61 Å². The van der Waals surface area contributed by atoms with E-state index >= 15 is 0 Å². The molecule has 1 aliphatic rings. The Morgan fingerprint density at radius 3 is 2.48 bits per heavy atom. The number of alkyl halides is 2. The number of benzene rings is 2. The second kappa shape index (κ2) is 9.73. The van der Waals surface area contributed by atoms with Crippen LogP contribution in [-0.2, 0) is 6.54 Å². The van der Waals surface area contributed by atoms with Crippen molar-refractivity contribution in [1.29, 1.82) is 0 Å². The van der Waals surface area contributed by atoms with E-state index in [1.807, 2.05) is 31.2 Å². The summed E-state index contributed by atoms with van der Waals surface area (Å²) in [4.78, 5) is 2.11. The number of nitrogens with one attached hydrogen (secondary N) is 1. The average molecular weight is 422 g/mol. The van der Waals surface area contributed by atoms with Crippen molar-refractivity contribution in [3.8, 4) is 17.2 Å². The lowest BCUT2D eigenvalue weighted by atomic mass is 10.2. The van der Waals surface area contributed by atoms with Gasteiger partial charge in [0.2, 0.25) is 0 Å². The van der Waals surface area contributed by atoms with Crippen molar-refractivity contribution in [1.82, 2.24) is 4.90 Å². The van der Waals surface area contributed by atoms with Crippen molar-refractivity contribution in [3.05, 3.63) is 48.0 Å². The molecule has 0 radical (unpaired) electrons. The van der Waals surface area contributed by atoms with E-state index in [-0.39, 0.29) is 11.5 Å². The molecule has 2 aromatic carbocycles. The lowest BCUT2D eigenvalue weighted by molar-refractivity contribution is -0.0512. The number of ether oxygens (including phenoxy) is 3. The molecule has 0 bridgehead atoms. The Bertz CT molecular complexity index is 829. The Morgan fingerprint density at radius 2 is 1.90 bits per heavy atom. The molecule has 0 amide bonds. The molecule has 1 fully saturated rings. The maximum absolute atomic E-state index is 12.5. The van der Waals surface area contributed by atoms with Crippen LogP contribution in [0.5, 0.6) is 17.2 Å². The topological polar surface area (TPSA) is 43.0 Å². The highest BCUT2D eigenvalue weighted by molar-refractivity contribution is 7.80. The van der Waals surface area contributed by atoms with Gasteiger partial charge >= 0.3 is 6.61 Å². The molecular weight excluding hydrogens is 398 g/mol. The second-order valence-corrected chi connectivity index (χ2v) is 7.00. The largest absolute Gasteiger partial charge is 0.494 e. The van der Waals surface area contributed by atoms with Crippen molar-refractivity contribution in [2.24, 2.45) is 0 Å². The van der Waals surface area contributed by atoms with Gasteiger partial charge in [0.05, 0.1) is 13.7 Å². The van der Waals surface area contributed by atoms with E-state index in [4.69, 9.17) is 21.7 Å². The lowest BCUT2D eigenvalue weighted by Crippen LogP contribution is -2.36. The number of nitrogens with zero attached hydrogens (tertiary/aromatic N) is 1. The monoisotopic (exact) mass is 422 g/mol. The molecular formula is C21H24F2N2O3S. The number of hydrogen-bond donors (Lipinski definition) is 1. The predicted octanol–water partition coefficient (Wildman–Crippen LogP) is 5.06. The fourth-order valence-corrected chi connectivity index (χ4v) is 3.28. The number of anilines is 1. The van der Waals surface area contributed by atoms with Crippen LogP contribution in [0.4, 0.5) is 14.5 Å². The van der Waals surface area contributed by atoms with Crippen LogP contribution in [0, 0.1) is 0 Å². The van der Waals surface area contributed by atoms with Crippen LogP contribution >= 0.6 is 12.2 Å². The van der Waals surface area contributed by atoms with Crippen LogP contribution in [0.2, 0.25) is 0 Å². The quantitative estimate of drug-likeness (QED) is 0.570. The number of halogens is 2. The molecule has 8 heteroatoms. The Labute approximate surface area is 174 Å². The van der Waals surface area contributed by atoms with Gasteiger partial charge in [-0.1, -0.05) is 6.07 Å².